The minimum atomic E-state index is 0.603. The van der Waals surface area contributed by atoms with E-state index in [1.165, 1.54) is 0 Å². The Morgan fingerprint density at radius 3 is 3.00 bits per heavy atom. The summed E-state index contributed by atoms with van der Waals surface area (Å²) in [5, 5.41) is 10.6. The van der Waals surface area contributed by atoms with E-state index in [-0.39, 0.29) is 0 Å². The number of hydrogen-bond acceptors (Lipinski definition) is 4. The van der Waals surface area contributed by atoms with Gasteiger partial charge in [0.1, 0.15) is 0 Å². The molecule has 0 spiro atoms. The predicted molar refractivity (Wildman–Crippen MR) is 83.8 cm³/mol. The maximum absolute atomic E-state index is 5.56. The zero-order chi connectivity index (χ0) is 14.9. The third-order valence-electron chi connectivity index (χ3n) is 3.08. The lowest BCUT2D eigenvalue weighted by Gasteiger charge is -2.08. The Bertz CT molecular complexity index is 510. The third kappa shape index (κ3) is 5.28. The number of nitrogens with one attached hydrogen (secondary N) is 2. The molecule has 0 atom stereocenters. The molecule has 2 aromatic rings. The van der Waals surface area contributed by atoms with Crippen LogP contribution in [-0.4, -0.2) is 34.9 Å². The number of H-pyrrole nitrogens is 1. The molecule has 0 amide bonds. The van der Waals surface area contributed by atoms with Crippen LogP contribution >= 0.6 is 0 Å². The molecule has 0 aliphatic carbocycles. The highest BCUT2D eigenvalue weighted by Crippen LogP contribution is 2.19. The van der Waals surface area contributed by atoms with E-state index in [0.717, 1.165) is 49.5 Å². The van der Waals surface area contributed by atoms with Crippen LogP contribution in [0.25, 0.3) is 11.3 Å². The Labute approximate surface area is 126 Å². The van der Waals surface area contributed by atoms with Gasteiger partial charge in [0, 0.05) is 43.3 Å². The first-order valence-electron chi connectivity index (χ1n) is 7.48. The van der Waals surface area contributed by atoms with Gasteiger partial charge in [0.25, 0.3) is 0 Å². The van der Waals surface area contributed by atoms with Crippen molar-refractivity contribution in [2.75, 3.05) is 19.8 Å². The van der Waals surface area contributed by atoms with Crippen molar-refractivity contribution in [2.24, 2.45) is 5.92 Å². The van der Waals surface area contributed by atoms with Crippen molar-refractivity contribution < 1.29 is 4.74 Å². The summed E-state index contributed by atoms with van der Waals surface area (Å²) in [6.07, 6.45) is 6.50. The lowest BCUT2D eigenvalue weighted by molar-refractivity contribution is 0.108. The second-order valence-corrected chi connectivity index (χ2v) is 5.51. The number of rotatable bonds is 9. The molecule has 0 aliphatic rings. The zero-order valence-electron chi connectivity index (χ0n) is 12.8. The van der Waals surface area contributed by atoms with Gasteiger partial charge >= 0.3 is 0 Å². The first kappa shape index (κ1) is 15.7. The third-order valence-corrected chi connectivity index (χ3v) is 3.08. The van der Waals surface area contributed by atoms with Crippen molar-refractivity contribution in [2.45, 2.75) is 26.8 Å². The average molecular weight is 288 g/mol. The Balaban J connectivity index is 1.71. The van der Waals surface area contributed by atoms with Crippen LogP contribution in [-0.2, 0) is 11.3 Å². The standard InChI is InChI=1S/C16H24N4O/c1-13(2)12-21-8-4-7-18-10-15-11-19-20-16(15)14-5-3-6-17-9-14/h3,5-6,9,11,13,18H,4,7-8,10,12H2,1-2H3,(H,19,20). The molecule has 2 N–H and O–H groups in total. The number of nitrogens with zero attached hydrogens (tertiary/aromatic N) is 2. The van der Waals surface area contributed by atoms with Gasteiger partial charge in [-0.1, -0.05) is 13.8 Å². The van der Waals surface area contributed by atoms with E-state index in [1.54, 1.807) is 6.20 Å². The molecule has 0 unspecified atom stereocenters. The summed E-state index contributed by atoms with van der Waals surface area (Å²) in [4.78, 5) is 4.14. The molecule has 114 valence electrons. The summed E-state index contributed by atoms with van der Waals surface area (Å²) in [6, 6.07) is 3.96. The number of ether oxygens (including phenoxy) is 1. The zero-order valence-corrected chi connectivity index (χ0v) is 12.8. The van der Waals surface area contributed by atoms with Gasteiger partial charge < -0.3 is 10.1 Å². The van der Waals surface area contributed by atoms with E-state index in [2.05, 4.69) is 34.3 Å². The van der Waals surface area contributed by atoms with Crippen LogP contribution in [0.4, 0.5) is 0 Å². The van der Waals surface area contributed by atoms with Crippen molar-refractivity contribution in [1.29, 1.82) is 0 Å². The van der Waals surface area contributed by atoms with Crippen molar-refractivity contribution >= 4 is 0 Å². The van der Waals surface area contributed by atoms with Gasteiger partial charge in [-0.15, -0.1) is 0 Å². The van der Waals surface area contributed by atoms with Crippen LogP contribution in [0, 0.1) is 5.92 Å². The molecule has 0 radical (unpaired) electrons. The highest BCUT2D eigenvalue weighted by molar-refractivity contribution is 5.61. The van der Waals surface area contributed by atoms with Gasteiger partial charge in [0.05, 0.1) is 11.9 Å². The molecule has 2 rings (SSSR count). The minimum absolute atomic E-state index is 0.603. The number of hydrogen-bond donors (Lipinski definition) is 2. The van der Waals surface area contributed by atoms with E-state index in [9.17, 15) is 0 Å². The molecule has 5 nitrogen and oxygen atoms in total. The van der Waals surface area contributed by atoms with E-state index >= 15 is 0 Å². The van der Waals surface area contributed by atoms with Crippen LogP contribution in [0.3, 0.4) is 0 Å². The fraction of sp³-hybridized carbons (Fsp3) is 0.500. The first-order valence-corrected chi connectivity index (χ1v) is 7.48. The fourth-order valence-electron chi connectivity index (χ4n) is 2.05. The van der Waals surface area contributed by atoms with Gasteiger partial charge in [-0.05, 0) is 31.0 Å². The monoisotopic (exact) mass is 288 g/mol. The van der Waals surface area contributed by atoms with E-state index < -0.39 is 0 Å². The van der Waals surface area contributed by atoms with Crippen LogP contribution in [0.15, 0.2) is 30.7 Å². The molecule has 5 heteroatoms. The van der Waals surface area contributed by atoms with Crippen molar-refractivity contribution in [3.05, 3.63) is 36.3 Å². The minimum Gasteiger partial charge on any atom is -0.381 e. The summed E-state index contributed by atoms with van der Waals surface area (Å²) in [7, 11) is 0. The Kier molecular flexibility index (Phi) is 6.37. The predicted octanol–water partition coefficient (Wildman–Crippen LogP) is 2.62. The van der Waals surface area contributed by atoms with Crippen molar-refractivity contribution in [1.82, 2.24) is 20.5 Å². The Morgan fingerprint density at radius 1 is 1.33 bits per heavy atom. The molecular formula is C16H24N4O. The first-order chi connectivity index (χ1) is 10.3. The maximum Gasteiger partial charge on any atom is 0.0710 e. The van der Waals surface area contributed by atoms with Crippen molar-refractivity contribution in [3.8, 4) is 11.3 Å². The topological polar surface area (TPSA) is 62.8 Å². The quantitative estimate of drug-likeness (QED) is 0.696. The summed E-state index contributed by atoms with van der Waals surface area (Å²) in [5.74, 6) is 0.603. The largest absolute Gasteiger partial charge is 0.381 e. The Morgan fingerprint density at radius 2 is 2.24 bits per heavy atom. The van der Waals surface area contributed by atoms with Crippen LogP contribution in [0.1, 0.15) is 25.8 Å². The smallest absolute Gasteiger partial charge is 0.0710 e. The molecule has 0 bridgehead atoms. The Hall–Kier alpha value is -1.72. The summed E-state index contributed by atoms with van der Waals surface area (Å²) >= 11 is 0. The number of aromatic nitrogens is 3. The normalized spacial score (nSPS) is 11.2. The molecule has 0 aromatic carbocycles. The lowest BCUT2D eigenvalue weighted by Crippen LogP contribution is -2.17. The van der Waals surface area contributed by atoms with Crippen LogP contribution in [0.2, 0.25) is 0 Å². The fourth-order valence-corrected chi connectivity index (χ4v) is 2.05. The lowest BCUT2D eigenvalue weighted by atomic mass is 10.1. The van der Waals surface area contributed by atoms with Crippen LogP contribution < -0.4 is 5.32 Å². The highest BCUT2D eigenvalue weighted by atomic mass is 16.5. The number of pyridine rings is 1. The summed E-state index contributed by atoms with van der Waals surface area (Å²) in [5.41, 5.74) is 3.25. The summed E-state index contributed by atoms with van der Waals surface area (Å²) in [6.45, 7) is 7.72. The highest BCUT2D eigenvalue weighted by Gasteiger charge is 2.06. The molecule has 2 aromatic heterocycles. The van der Waals surface area contributed by atoms with E-state index in [4.69, 9.17) is 4.74 Å². The second-order valence-electron chi connectivity index (χ2n) is 5.51. The molecule has 21 heavy (non-hydrogen) atoms. The number of aromatic amines is 1. The molecule has 2 heterocycles. The SMILES string of the molecule is CC(C)COCCCNCc1cn[nH]c1-c1cccnc1. The van der Waals surface area contributed by atoms with E-state index in [1.807, 2.05) is 24.5 Å². The van der Waals surface area contributed by atoms with Gasteiger partial charge in [0.15, 0.2) is 0 Å². The van der Waals surface area contributed by atoms with Gasteiger partial charge in [-0.25, -0.2) is 0 Å². The van der Waals surface area contributed by atoms with Crippen LogP contribution in [0.5, 0.6) is 0 Å². The van der Waals surface area contributed by atoms with E-state index in [0.29, 0.717) is 5.92 Å². The summed E-state index contributed by atoms with van der Waals surface area (Å²) < 4.78 is 5.56. The molecule has 0 saturated carbocycles. The molecule has 0 saturated heterocycles. The molecular weight excluding hydrogens is 264 g/mol. The molecule has 0 aliphatic heterocycles. The second kappa shape index (κ2) is 8.54. The van der Waals surface area contributed by atoms with Gasteiger partial charge in [0.2, 0.25) is 0 Å². The average Bonchev–Trinajstić information content (AvgIpc) is 2.95. The van der Waals surface area contributed by atoms with Crippen molar-refractivity contribution in [3.63, 3.8) is 0 Å². The molecule has 0 fully saturated rings. The van der Waals surface area contributed by atoms with Gasteiger partial charge in [-0.3, -0.25) is 10.1 Å². The maximum atomic E-state index is 5.56. The van der Waals surface area contributed by atoms with Gasteiger partial charge in [-0.2, -0.15) is 5.10 Å².